The first-order valence-electron chi connectivity index (χ1n) is 1.02. The van der Waals surface area contributed by atoms with Crippen LogP contribution in [-0.2, 0) is 22.4 Å². The molecule has 0 aromatic rings. The van der Waals surface area contributed by atoms with E-state index in [1.54, 1.807) is 0 Å². The van der Waals surface area contributed by atoms with E-state index < -0.39 is 0 Å². The second kappa shape index (κ2) is 8.94. The summed E-state index contributed by atoms with van der Waals surface area (Å²) < 4.78 is 0. The van der Waals surface area contributed by atoms with E-state index in [1.807, 2.05) is 6.92 Å². The summed E-state index contributed by atoms with van der Waals surface area (Å²) in [5.74, 6) is 0.944. The van der Waals surface area contributed by atoms with E-state index in [1.165, 1.54) is 0 Å². The third kappa shape index (κ3) is 11.4. The Morgan fingerprint density at radius 1 is 1.75 bits per heavy atom. The molecule has 0 aliphatic heterocycles. The summed E-state index contributed by atoms with van der Waals surface area (Å²) in [7, 11) is 0. The molecule has 0 saturated heterocycles. The molecule has 0 fully saturated rings. The summed E-state index contributed by atoms with van der Waals surface area (Å²) in [4.78, 5) is 0. The molecule has 0 atom stereocenters. The monoisotopic (exact) mass is 169 g/mol. The molecule has 0 rings (SSSR count). The molecular formula is C2H6AgS. The molecule has 0 aromatic carbocycles. The van der Waals surface area contributed by atoms with Crippen molar-refractivity contribution < 1.29 is 22.4 Å². The maximum atomic E-state index is 3.79. The quantitative estimate of drug-likeness (QED) is 0.405. The van der Waals surface area contributed by atoms with Crippen LogP contribution in [-0.4, -0.2) is 5.75 Å². The van der Waals surface area contributed by atoms with E-state index >= 15 is 0 Å². The van der Waals surface area contributed by atoms with Gasteiger partial charge in [0, 0.05) is 22.4 Å². The van der Waals surface area contributed by atoms with E-state index in [4.69, 9.17) is 0 Å². The SMILES string of the molecule is CCS.[Ag]. The van der Waals surface area contributed by atoms with Gasteiger partial charge in [0.05, 0.1) is 0 Å². The summed E-state index contributed by atoms with van der Waals surface area (Å²) in [5, 5.41) is 0. The van der Waals surface area contributed by atoms with Crippen LogP contribution >= 0.6 is 12.6 Å². The van der Waals surface area contributed by atoms with Crippen LogP contribution in [0.5, 0.6) is 0 Å². The van der Waals surface area contributed by atoms with E-state index in [0.29, 0.717) is 0 Å². The van der Waals surface area contributed by atoms with Crippen LogP contribution in [0, 0.1) is 0 Å². The third-order valence-electron chi connectivity index (χ3n) is 0. The zero-order chi connectivity index (χ0) is 2.71. The van der Waals surface area contributed by atoms with Crippen LogP contribution in [0.3, 0.4) is 0 Å². The van der Waals surface area contributed by atoms with Gasteiger partial charge in [0.15, 0.2) is 0 Å². The Kier molecular flexibility index (Phi) is 19.9. The fourth-order valence-corrected chi connectivity index (χ4v) is 0. The maximum absolute atomic E-state index is 3.79. The fourth-order valence-electron chi connectivity index (χ4n) is 0. The molecule has 2 heteroatoms. The second-order valence-corrected chi connectivity index (χ2v) is 0.949. The van der Waals surface area contributed by atoms with Crippen LogP contribution in [0.2, 0.25) is 0 Å². The van der Waals surface area contributed by atoms with Gasteiger partial charge in [-0.3, -0.25) is 0 Å². The molecular weight excluding hydrogens is 164 g/mol. The molecule has 1 radical (unpaired) electrons. The van der Waals surface area contributed by atoms with Crippen molar-refractivity contribution in [1.29, 1.82) is 0 Å². The van der Waals surface area contributed by atoms with Crippen LogP contribution in [0.25, 0.3) is 0 Å². The summed E-state index contributed by atoms with van der Waals surface area (Å²) in [6, 6.07) is 0. The Balaban J connectivity index is 0. The average Bonchev–Trinajstić information content (AvgIpc) is 0.918. The molecule has 0 unspecified atom stereocenters. The zero-order valence-electron chi connectivity index (χ0n) is 2.46. The summed E-state index contributed by atoms with van der Waals surface area (Å²) in [6.45, 7) is 1.99. The van der Waals surface area contributed by atoms with Gasteiger partial charge >= 0.3 is 0 Å². The molecule has 0 saturated carbocycles. The molecule has 0 amide bonds. The molecule has 0 aromatic heterocycles. The van der Waals surface area contributed by atoms with Gasteiger partial charge in [0.1, 0.15) is 0 Å². The van der Waals surface area contributed by atoms with Crippen LogP contribution in [0.4, 0.5) is 0 Å². The van der Waals surface area contributed by atoms with Crippen molar-refractivity contribution in [3.05, 3.63) is 0 Å². The first-order chi connectivity index (χ1) is 1.41. The van der Waals surface area contributed by atoms with Gasteiger partial charge < -0.3 is 0 Å². The largest absolute Gasteiger partial charge is 0.180 e. The first kappa shape index (κ1) is 8.92. The van der Waals surface area contributed by atoms with Crippen molar-refractivity contribution in [1.82, 2.24) is 0 Å². The summed E-state index contributed by atoms with van der Waals surface area (Å²) >= 11 is 3.79. The van der Waals surface area contributed by atoms with Gasteiger partial charge in [-0.15, -0.1) is 0 Å². The summed E-state index contributed by atoms with van der Waals surface area (Å²) in [5.41, 5.74) is 0. The Morgan fingerprint density at radius 2 is 1.75 bits per heavy atom. The number of rotatable bonds is 0. The molecule has 0 aliphatic carbocycles. The second-order valence-electron chi connectivity index (χ2n) is 0.316. The smallest absolute Gasteiger partial charge is 0 e. The van der Waals surface area contributed by atoms with E-state index in [2.05, 4.69) is 12.6 Å². The normalized spacial score (nSPS) is 4.50. The van der Waals surface area contributed by atoms with Crippen molar-refractivity contribution in [3.8, 4) is 0 Å². The molecule has 0 aliphatic rings. The van der Waals surface area contributed by atoms with Crippen LogP contribution < -0.4 is 0 Å². The molecule has 0 nitrogen and oxygen atoms in total. The number of hydrogen-bond donors (Lipinski definition) is 1. The molecule has 0 bridgehead atoms. The third-order valence-corrected chi connectivity index (χ3v) is 0. The standard InChI is InChI=1S/C2H6S.Ag/c1-2-3;/h3H,2H2,1H3;. The minimum Gasteiger partial charge on any atom is -0.180 e. The van der Waals surface area contributed by atoms with Crippen molar-refractivity contribution >= 4 is 12.6 Å². The minimum absolute atomic E-state index is 0. The minimum atomic E-state index is 0. The Labute approximate surface area is 47.9 Å². The van der Waals surface area contributed by atoms with Crippen LogP contribution in [0.1, 0.15) is 6.92 Å². The van der Waals surface area contributed by atoms with E-state index in [0.717, 1.165) is 5.75 Å². The predicted molar refractivity (Wildman–Crippen MR) is 19.5 cm³/mol. The molecule has 4 heavy (non-hydrogen) atoms. The van der Waals surface area contributed by atoms with E-state index in [-0.39, 0.29) is 22.4 Å². The van der Waals surface area contributed by atoms with Gasteiger partial charge in [-0.05, 0) is 5.75 Å². The van der Waals surface area contributed by atoms with Gasteiger partial charge in [-0.2, -0.15) is 12.6 Å². The average molecular weight is 170 g/mol. The predicted octanol–water partition coefficient (Wildman–Crippen LogP) is 0.934. The zero-order valence-corrected chi connectivity index (χ0v) is 4.83. The Morgan fingerprint density at radius 3 is 1.75 bits per heavy atom. The number of thiol groups is 1. The molecule has 0 spiro atoms. The Hall–Kier alpha value is 1.09. The van der Waals surface area contributed by atoms with Gasteiger partial charge in [-0.1, -0.05) is 6.92 Å². The Bertz CT molecular complexity index is 6.00. The fraction of sp³-hybridized carbons (Fsp3) is 1.00. The van der Waals surface area contributed by atoms with Crippen molar-refractivity contribution in [2.24, 2.45) is 0 Å². The van der Waals surface area contributed by atoms with Gasteiger partial charge in [0.25, 0.3) is 0 Å². The topological polar surface area (TPSA) is 0 Å². The maximum Gasteiger partial charge on any atom is 0 e. The van der Waals surface area contributed by atoms with Crippen molar-refractivity contribution in [2.45, 2.75) is 6.92 Å². The van der Waals surface area contributed by atoms with Gasteiger partial charge in [0.2, 0.25) is 0 Å². The molecule has 0 heterocycles. The molecule has 0 N–H and O–H groups in total. The molecule has 31 valence electrons. The van der Waals surface area contributed by atoms with Crippen molar-refractivity contribution in [3.63, 3.8) is 0 Å². The summed E-state index contributed by atoms with van der Waals surface area (Å²) in [6.07, 6.45) is 0. The van der Waals surface area contributed by atoms with Crippen LogP contribution in [0.15, 0.2) is 0 Å². The van der Waals surface area contributed by atoms with Gasteiger partial charge in [-0.25, -0.2) is 0 Å². The number of hydrogen-bond acceptors (Lipinski definition) is 1. The van der Waals surface area contributed by atoms with Crippen molar-refractivity contribution in [2.75, 3.05) is 5.75 Å². The first-order valence-corrected chi connectivity index (χ1v) is 1.66. The van der Waals surface area contributed by atoms with E-state index in [9.17, 15) is 0 Å².